The van der Waals surface area contributed by atoms with Crippen molar-refractivity contribution >= 4 is 32.9 Å². The predicted octanol–water partition coefficient (Wildman–Crippen LogP) is 1.66. The normalized spacial score (nSPS) is 10.8. The Hall–Kier alpha value is -1.60. The molecule has 1 rings (SSSR count). The molecule has 0 aromatic heterocycles. The van der Waals surface area contributed by atoms with E-state index in [0.717, 1.165) is 0 Å². The number of sulfone groups is 1. The van der Waals surface area contributed by atoms with E-state index < -0.39 is 9.84 Å². The highest BCUT2D eigenvalue weighted by Crippen LogP contribution is 2.26. The summed E-state index contributed by atoms with van der Waals surface area (Å²) in [4.78, 5) is 0.141. The first-order valence-corrected chi connectivity index (χ1v) is 7.68. The highest BCUT2D eigenvalue weighted by Gasteiger charge is 2.14. The number of phenolic OH excluding ortho intramolecular Hbond substituents is 1. The van der Waals surface area contributed by atoms with Gasteiger partial charge in [0.25, 0.3) is 0 Å². The lowest BCUT2D eigenvalue weighted by molar-refractivity contribution is 0.477. The molecule has 0 atom stereocenters. The molecular weight excluding hydrogens is 284 g/mol. The van der Waals surface area contributed by atoms with Crippen molar-refractivity contribution in [2.24, 2.45) is 0 Å². The van der Waals surface area contributed by atoms with Gasteiger partial charge < -0.3 is 15.7 Å². The molecule has 5 nitrogen and oxygen atoms in total. The molecule has 0 aliphatic carbocycles. The second-order valence-corrected chi connectivity index (χ2v) is 6.39. The van der Waals surface area contributed by atoms with Crippen LogP contribution in [0.2, 0.25) is 0 Å². The summed E-state index contributed by atoms with van der Waals surface area (Å²) in [6.07, 6.45) is 1.63. The van der Waals surface area contributed by atoms with Crippen LogP contribution >= 0.6 is 12.2 Å². The first kappa shape index (κ1) is 15.5. The molecule has 19 heavy (non-hydrogen) atoms. The molecule has 1 aromatic rings. The zero-order chi connectivity index (χ0) is 14.5. The van der Waals surface area contributed by atoms with Gasteiger partial charge in [-0.25, -0.2) is 8.42 Å². The second-order valence-electron chi connectivity index (χ2n) is 3.71. The van der Waals surface area contributed by atoms with E-state index in [0.29, 0.717) is 6.54 Å². The number of anilines is 1. The van der Waals surface area contributed by atoms with Gasteiger partial charge in [-0.3, -0.25) is 0 Å². The highest BCUT2D eigenvalue weighted by atomic mass is 32.2. The van der Waals surface area contributed by atoms with Crippen LogP contribution in [0.4, 0.5) is 5.69 Å². The van der Waals surface area contributed by atoms with Crippen LogP contribution in [0.5, 0.6) is 5.75 Å². The monoisotopic (exact) mass is 300 g/mol. The summed E-state index contributed by atoms with van der Waals surface area (Å²) in [5, 5.41) is 15.5. The average Bonchev–Trinajstić information content (AvgIpc) is 2.38. The van der Waals surface area contributed by atoms with Crippen LogP contribution < -0.4 is 10.6 Å². The number of hydrogen-bond acceptors (Lipinski definition) is 4. The van der Waals surface area contributed by atoms with Gasteiger partial charge in [-0.15, -0.1) is 6.58 Å². The number of phenols is 1. The molecule has 1 aromatic carbocycles. The fourth-order valence-electron chi connectivity index (χ4n) is 1.31. The molecule has 0 fully saturated rings. The number of aromatic hydroxyl groups is 1. The fourth-order valence-corrected chi connectivity index (χ4v) is 2.41. The van der Waals surface area contributed by atoms with Crippen LogP contribution in [-0.4, -0.2) is 30.9 Å². The maximum atomic E-state index is 11.8. The predicted molar refractivity (Wildman–Crippen MR) is 80.3 cm³/mol. The molecular formula is C12H16N2O3S2. The van der Waals surface area contributed by atoms with Gasteiger partial charge in [-0.05, 0) is 30.4 Å². The lowest BCUT2D eigenvalue weighted by Crippen LogP contribution is -2.28. The van der Waals surface area contributed by atoms with Gasteiger partial charge in [0.15, 0.2) is 14.9 Å². The first-order valence-electron chi connectivity index (χ1n) is 5.62. The van der Waals surface area contributed by atoms with Crippen molar-refractivity contribution in [1.29, 1.82) is 0 Å². The van der Waals surface area contributed by atoms with Gasteiger partial charge in [0.05, 0.1) is 16.3 Å². The van der Waals surface area contributed by atoms with Crippen LogP contribution in [0.3, 0.4) is 0 Å². The molecule has 3 N–H and O–H groups in total. The minimum atomic E-state index is -3.32. The van der Waals surface area contributed by atoms with Crippen LogP contribution in [0, 0.1) is 0 Å². The molecule has 0 saturated carbocycles. The van der Waals surface area contributed by atoms with Crippen molar-refractivity contribution in [3.8, 4) is 5.75 Å². The molecule has 0 heterocycles. The van der Waals surface area contributed by atoms with Gasteiger partial charge in [-0.2, -0.15) is 0 Å². The van der Waals surface area contributed by atoms with Crippen LogP contribution in [-0.2, 0) is 9.84 Å². The van der Waals surface area contributed by atoms with Gasteiger partial charge in [0.2, 0.25) is 0 Å². The topological polar surface area (TPSA) is 78.4 Å². The summed E-state index contributed by atoms with van der Waals surface area (Å²) >= 11 is 5.00. The summed E-state index contributed by atoms with van der Waals surface area (Å²) in [5.41, 5.74) is 0.246. The second kappa shape index (κ2) is 6.53. The summed E-state index contributed by atoms with van der Waals surface area (Å²) in [6, 6.07) is 4.04. The molecule has 0 aliphatic heterocycles. The van der Waals surface area contributed by atoms with Gasteiger partial charge in [0.1, 0.15) is 5.75 Å². The Morgan fingerprint density at radius 1 is 1.53 bits per heavy atom. The summed E-state index contributed by atoms with van der Waals surface area (Å²) in [5.74, 6) is -0.0751. The van der Waals surface area contributed by atoms with Gasteiger partial charge >= 0.3 is 0 Å². The number of thiocarbonyl (C=S) groups is 1. The SMILES string of the molecule is C=CCNC(=S)Nc1cc(S(=O)(=O)CC)ccc1O. The Labute approximate surface area is 118 Å². The van der Waals surface area contributed by atoms with Crippen LogP contribution in [0.15, 0.2) is 35.7 Å². The van der Waals surface area contributed by atoms with Crippen molar-refractivity contribution in [2.45, 2.75) is 11.8 Å². The third-order valence-corrected chi connectivity index (χ3v) is 4.34. The zero-order valence-corrected chi connectivity index (χ0v) is 12.1. The van der Waals surface area contributed by atoms with E-state index >= 15 is 0 Å². The quantitative estimate of drug-likeness (QED) is 0.436. The molecule has 0 aliphatic rings. The van der Waals surface area contributed by atoms with Crippen molar-refractivity contribution in [3.05, 3.63) is 30.9 Å². The van der Waals surface area contributed by atoms with Crippen LogP contribution in [0.25, 0.3) is 0 Å². The maximum absolute atomic E-state index is 11.8. The lowest BCUT2D eigenvalue weighted by Gasteiger charge is -2.12. The van der Waals surface area contributed by atoms with E-state index in [-0.39, 0.29) is 27.2 Å². The fraction of sp³-hybridized carbons (Fsp3) is 0.250. The number of benzene rings is 1. The Kier molecular flexibility index (Phi) is 5.31. The molecule has 104 valence electrons. The smallest absolute Gasteiger partial charge is 0.178 e. The van der Waals surface area contributed by atoms with Crippen LogP contribution in [0.1, 0.15) is 6.92 Å². The molecule has 0 bridgehead atoms. The van der Waals surface area contributed by atoms with E-state index in [4.69, 9.17) is 12.2 Å². The van der Waals surface area contributed by atoms with E-state index in [1.165, 1.54) is 18.2 Å². The van der Waals surface area contributed by atoms with E-state index in [1.807, 2.05) is 0 Å². The third-order valence-electron chi connectivity index (χ3n) is 2.36. The van der Waals surface area contributed by atoms with Crippen molar-refractivity contribution < 1.29 is 13.5 Å². The number of hydrogen-bond donors (Lipinski definition) is 3. The summed E-state index contributed by atoms with van der Waals surface area (Å²) < 4.78 is 23.5. The largest absolute Gasteiger partial charge is 0.506 e. The van der Waals surface area contributed by atoms with Gasteiger partial charge in [-0.1, -0.05) is 13.0 Å². The van der Waals surface area contributed by atoms with E-state index in [2.05, 4.69) is 17.2 Å². The molecule has 0 saturated heterocycles. The van der Waals surface area contributed by atoms with E-state index in [9.17, 15) is 13.5 Å². The standard InChI is InChI=1S/C12H16N2O3S2/c1-3-7-13-12(18)14-10-8-9(5-6-11(10)15)19(16,17)4-2/h3,5-6,8,15H,1,4,7H2,2H3,(H2,13,14,18). The summed E-state index contributed by atoms with van der Waals surface area (Å²) in [7, 11) is -3.32. The molecule has 7 heteroatoms. The third kappa shape index (κ3) is 4.22. The number of nitrogens with one attached hydrogen (secondary N) is 2. The Morgan fingerprint density at radius 3 is 2.79 bits per heavy atom. The number of rotatable bonds is 5. The maximum Gasteiger partial charge on any atom is 0.178 e. The molecule has 0 spiro atoms. The Morgan fingerprint density at radius 2 is 2.21 bits per heavy atom. The highest BCUT2D eigenvalue weighted by molar-refractivity contribution is 7.91. The average molecular weight is 300 g/mol. The molecule has 0 amide bonds. The van der Waals surface area contributed by atoms with Crippen molar-refractivity contribution in [1.82, 2.24) is 5.32 Å². The lowest BCUT2D eigenvalue weighted by atomic mass is 10.3. The molecule has 0 radical (unpaired) electrons. The van der Waals surface area contributed by atoms with Gasteiger partial charge in [0, 0.05) is 6.54 Å². The first-order chi connectivity index (χ1) is 8.90. The van der Waals surface area contributed by atoms with Crippen molar-refractivity contribution in [3.63, 3.8) is 0 Å². The van der Waals surface area contributed by atoms with E-state index in [1.54, 1.807) is 13.0 Å². The minimum Gasteiger partial charge on any atom is -0.506 e. The summed E-state index contributed by atoms with van der Waals surface area (Å²) in [6.45, 7) is 5.57. The zero-order valence-electron chi connectivity index (χ0n) is 10.5. The minimum absolute atomic E-state index is 0.00360. The molecule has 0 unspecified atom stereocenters. The Balaban J connectivity index is 2.98. The van der Waals surface area contributed by atoms with Crippen molar-refractivity contribution in [2.75, 3.05) is 17.6 Å². The Bertz CT molecular complexity index is 583.